The first-order valence-corrected chi connectivity index (χ1v) is 10.5. The molecule has 1 amide bonds. The number of likely N-dealkylation sites (tertiary alicyclic amines) is 1. The van der Waals surface area contributed by atoms with Crippen molar-refractivity contribution in [1.29, 1.82) is 0 Å². The van der Waals surface area contributed by atoms with Crippen molar-refractivity contribution < 1.29 is 14.7 Å². The number of amides is 1. The van der Waals surface area contributed by atoms with Gasteiger partial charge in [0.05, 0.1) is 11.6 Å². The molecule has 2 aliphatic rings. The maximum absolute atomic E-state index is 13.2. The van der Waals surface area contributed by atoms with Crippen LogP contribution in [-0.4, -0.2) is 32.7 Å². The molecule has 152 valence electrons. The highest BCUT2D eigenvalue weighted by atomic mass is 16.3. The molecule has 1 aliphatic carbocycles. The van der Waals surface area contributed by atoms with Crippen molar-refractivity contribution >= 4 is 28.4 Å². The highest BCUT2D eigenvalue weighted by Gasteiger charge is 2.49. The number of hydrogen-bond donors (Lipinski definition) is 2. The van der Waals surface area contributed by atoms with E-state index >= 15 is 0 Å². The van der Waals surface area contributed by atoms with Crippen LogP contribution < -0.4 is 0 Å². The third kappa shape index (κ3) is 2.76. The summed E-state index contributed by atoms with van der Waals surface area (Å²) in [6.45, 7) is 1.98. The van der Waals surface area contributed by atoms with Crippen molar-refractivity contribution in [2.45, 2.75) is 44.7 Å². The van der Waals surface area contributed by atoms with E-state index in [1.807, 2.05) is 55.5 Å². The largest absolute Gasteiger partial charge is 0.507 e. The molecule has 2 N–H and O–H groups in total. The van der Waals surface area contributed by atoms with Gasteiger partial charge in [-0.3, -0.25) is 9.59 Å². The Morgan fingerprint density at radius 2 is 1.73 bits per heavy atom. The number of hydrogen-bond acceptors (Lipinski definition) is 3. The summed E-state index contributed by atoms with van der Waals surface area (Å²) in [7, 11) is 0. The van der Waals surface area contributed by atoms with Gasteiger partial charge in [0, 0.05) is 28.7 Å². The number of nitrogens with zero attached hydrogens (tertiary/aromatic N) is 1. The number of carbonyl (C=O) groups is 2. The molecular weight excluding hydrogens is 376 g/mol. The van der Waals surface area contributed by atoms with Crippen molar-refractivity contribution in [2.75, 3.05) is 0 Å². The average molecular weight is 400 g/mol. The van der Waals surface area contributed by atoms with Gasteiger partial charge in [0.25, 0.3) is 11.7 Å². The molecule has 3 aromatic rings. The van der Waals surface area contributed by atoms with Crippen LogP contribution in [0, 0.1) is 6.92 Å². The van der Waals surface area contributed by atoms with E-state index in [0.29, 0.717) is 5.56 Å². The van der Waals surface area contributed by atoms with Gasteiger partial charge < -0.3 is 15.0 Å². The van der Waals surface area contributed by atoms with Crippen LogP contribution in [0.2, 0.25) is 0 Å². The molecule has 1 aromatic heterocycles. The zero-order valence-corrected chi connectivity index (χ0v) is 16.9. The lowest BCUT2D eigenvalue weighted by molar-refractivity contribution is -0.141. The molecular formula is C25H24N2O3. The molecule has 0 spiro atoms. The average Bonchev–Trinajstić information content (AvgIpc) is 3.47. The van der Waals surface area contributed by atoms with Crippen LogP contribution in [0.3, 0.4) is 0 Å². The first-order valence-electron chi connectivity index (χ1n) is 10.5. The lowest BCUT2D eigenvalue weighted by atomic mass is 9.92. The molecule has 30 heavy (non-hydrogen) atoms. The minimum atomic E-state index is -0.599. The number of para-hydroxylation sites is 1. The highest BCUT2D eigenvalue weighted by molar-refractivity contribution is 6.46. The summed E-state index contributed by atoms with van der Waals surface area (Å²) in [4.78, 5) is 31.3. The van der Waals surface area contributed by atoms with E-state index in [2.05, 4.69) is 4.98 Å². The molecule has 1 aliphatic heterocycles. The van der Waals surface area contributed by atoms with Crippen LogP contribution in [0.1, 0.15) is 48.4 Å². The SMILES string of the molecule is Cc1ccccc1C1/C(=C(\O)c2c[nH]c3ccccc23)C(=O)C(=O)N1C1CCCC1. The van der Waals surface area contributed by atoms with Gasteiger partial charge in [0.2, 0.25) is 0 Å². The van der Waals surface area contributed by atoms with Crippen molar-refractivity contribution in [3.05, 3.63) is 77.0 Å². The Hall–Kier alpha value is -3.34. The molecule has 2 aromatic carbocycles. The van der Waals surface area contributed by atoms with Gasteiger partial charge >= 0.3 is 0 Å². The van der Waals surface area contributed by atoms with Crippen LogP contribution >= 0.6 is 0 Å². The van der Waals surface area contributed by atoms with Gasteiger partial charge in [-0.1, -0.05) is 55.3 Å². The third-order valence-electron chi connectivity index (χ3n) is 6.53. The minimum Gasteiger partial charge on any atom is -0.507 e. The van der Waals surface area contributed by atoms with Crippen LogP contribution in [0.5, 0.6) is 0 Å². The summed E-state index contributed by atoms with van der Waals surface area (Å²) in [5.41, 5.74) is 3.50. The topological polar surface area (TPSA) is 73.4 Å². The number of aromatic amines is 1. The molecule has 0 radical (unpaired) electrons. The number of rotatable bonds is 3. The van der Waals surface area contributed by atoms with Crippen LogP contribution in [0.15, 0.2) is 60.3 Å². The Morgan fingerprint density at radius 1 is 1.03 bits per heavy atom. The quantitative estimate of drug-likeness (QED) is 0.375. The molecule has 5 rings (SSSR count). The predicted molar refractivity (Wildman–Crippen MR) is 116 cm³/mol. The Bertz CT molecular complexity index is 1180. The Kier molecular flexibility index (Phi) is 4.46. The molecule has 1 atom stereocenters. The second-order valence-electron chi connectivity index (χ2n) is 8.25. The van der Waals surface area contributed by atoms with E-state index in [4.69, 9.17) is 0 Å². The number of aryl methyl sites for hydroxylation is 1. The van der Waals surface area contributed by atoms with Crippen molar-refractivity contribution in [3.8, 4) is 0 Å². The van der Waals surface area contributed by atoms with Crippen molar-refractivity contribution in [2.24, 2.45) is 0 Å². The zero-order valence-electron chi connectivity index (χ0n) is 16.9. The lowest BCUT2D eigenvalue weighted by Crippen LogP contribution is -2.37. The highest BCUT2D eigenvalue weighted by Crippen LogP contribution is 2.44. The first-order chi connectivity index (χ1) is 14.6. The summed E-state index contributed by atoms with van der Waals surface area (Å²) in [5, 5.41) is 12.2. The van der Waals surface area contributed by atoms with Gasteiger partial charge in [0.15, 0.2) is 0 Å². The third-order valence-corrected chi connectivity index (χ3v) is 6.53. The Labute approximate surface area is 175 Å². The van der Waals surface area contributed by atoms with E-state index < -0.39 is 17.7 Å². The molecule has 0 bridgehead atoms. The molecule has 5 heteroatoms. The molecule has 5 nitrogen and oxygen atoms in total. The predicted octanol–water partition coefficient (Wildman–Crippen LogP) is 4.84. The molecule has 1 saturated heterocycles. The molecule has 2 fully saturated rings. The summed E-state index contributed by atoms with van der Waals surface area (Å²) in [6.07, 6.45) is 5.59. The van der Waals surface area contributed by atoms with Crippen LogP contribution in [0.4, 0.5) is 0 Å². The summed E-state index contributed by atoms with van der Waals surface area (Å²) in [6, 6.07) is 14.9. The smallest absolute Gasteiger partial charge is 0.295 e. The maximum Gasteiger partial charge on any atom is 0.295 e. The number of benzene rings is 2. The van der Waals surface area contributed by atoms with Gasteiger partial charge in [-0.15, -0.1) is 0 Å². The van der Waals surface area contributed by atoms with E-state index in [-0.39, 0.29) is 17.4 Å². The van der Waals surface area contributed by atoms with Gasteiger partial charge in [-0.25, -0.2) is 0 Å². The van der Waals surface area contributed by atoms with Crippen LogP contribution in [0.25, 0.3) is 16.7 Å². The minimum absolute atomic E-state index is 0.0272. The van der Waals surface area contributed by atoms with Gasteiger partial charge in [-0.05, 0) is 37.0 Å². The van der Waals surface area contributed by atoms with Crippen LogP contribution in [-0.2, 0) is 9.59 Å². The van der Waals surface area contributed by atoms with Crippen molar-refractivity contribution in [3.63, 3.8) is 0 Å². The zero-order chi connectivity index (χ0) is 20.8. The Balaban J connectivity index is 1.74. The normalized spacial score (nSPS) is 21.8. The van der Waals surface area contributed by atoms with Gasteiger partial charge in [0.1, 0.15) is 5.76 Å². The fourth-order valence-corrected chi connectivity index (χ4v) is 5.02. The maximum atomic E-state index is 13.2. The van der Waals surface area contributed by atoms with E-state index in [1.54, 1.807) is 11.1 Å². The molecule has 1 saturated carbocycles. The Morgan fingerprint density at radius 3 is 2.50 bits per heavy atom. The number of aromatic nitrogens is 1. The van der Waals surface area contributed by atoms with Gasteiger partial charge in [-0.2, -0.15) is 0 Å². The first kappa shape index (κ1) is 18.7. The number of carbonyl (C=O) groups excluding carboxylic acids is 2. The second kappa shape index (κ2) is 7.17. The lowest BCUT2D eigenvalue weighted by Gasteiger charge is -2.31. The second-order valence-corrected chi connectivity index (χ2v) is 8.25. The number of Topliss-reactive ketones (excluding diaryl/α,β-unsaturated/α-hetero) is 1. The summed E-state index contributed by atoms with van der Waals surface area (Å²) in [5.74, 6) is -1.21. The van der Waals surface area contributed by atoms with Crippen molar-refractivity contribution in [1.82, 2.24) is 9.88 Å². The summed E-state index contributed by atoms with van der Waals surface area (Å²) < 4.78 is 0. The number of aliphatic hydroxyl groups is 1. The molecule has 2 heterocycles. The number of aliphatic hydroxyl groups excluding tert-OH is 1. The summed E-state index contributed by atoms with van der Waals surface area (Å²) >= 11 is 0. The van der Waals surface area contributed by atoms with E-state index in [1.165, 1.54) is 0 Å². The van der Waals surface area contributed by atoms with E-state index in [0.717, 1.165) is 47.7 Å². The standard InChI is InChI=1S/C25H24N2O3/c1-15-8-2-5-11-17(15)22-21(24(29)25(30)27(22)16-9-3-4-10-16)23(28)19-14-26-20-13-7-6-12-18(19)20/h2,5-8,11-14,16,22,26,28H,3-4,9-10H2,1H3/b23-21+. The number of fused-ring (bicyclic) bond motifs is 1. The number of ketones is 1. The monoisotopic (exact) mass is 400 g/mol. The number of H-pyrrole nitrogens is 1. The fourth-order valence-electron chi connectivity index (χ4n) is 5.02. The fraction of sp³-hybridized carbons (Fsp3) is 0.280. The van der Waals surface area contributed by atoms with E-state index in [9.17, 15) is 14.7 Å². The molecule has 1 unspecified atom stereocenters. The number of nitrogens with one attached hydrogen (secondary N) is 1.